The minimum Gasteiger partial charge on any atom is -0.477 e. The third-order valence-corrected chi connectivity index (χ3v) is 5.73. The minimum absolute atomic E-state index is 0.144. The van der Waals surface area contributed by atoms with E-state index in [0.717, 1.165) is 24.2 Å². The number of β-lactam (4-membered cyclic amide) rings is 1. The van der Waals surface area contributed by atoms with E-state index in [1.165, 1.54) is 4.90 Å². The minimum atomic E-state index is -1.01. The van der Waals surface area contributed by atoms with Crippen LogP contribution in [0.15, 0.2) is 11.3 Å². The zero-order valence-corrected chi connectivity index (χ0v) is 11.5. The molecular weight excluding hydrogens is 266 g/mol. The van der Waals surface area contributed by atoms with E-state index >= 15 is 0 Å². The molecule has 0 bridgehead atoms. The number of carbonyl (C=O) groups is 2. The van der Waals surface area contributed by atoms with Gasteiger partial charge < -0.3 is 15.1 Å². The number of aliphatic hydroxyl groups excluding tert-OH is 1. The lowest BCUT2D eigenvalue weighted by molar-refractivity contribution is -0.161. The number of hydrogen-bond donors (Lipinski definition) is 2. The maximum Gasteiger partial charge on any atom is 0.352 e. The number of amides is 1. The molecule has 1 amide bonds. The van der Waals surface area contributed by atoms with Crippen LogP contribution in [-0.2, 0) is 9.59 Å². The topological polar surface area (TPSA) is 77.8 Å². The van der Waals surface area contributed by atoms with E-state index < -0.39 is 18.0 Å². The molecule has 3 aliphatic heterocycles. The number of hydrogen-bond acceptors (Lipinski definition) is 4. The second-order valence-corrected chi connectivity index (χ2v) is 6.74. The molecule has 5 nitrogen and oxygen atoms in total. The lowest BCUT2D eigenvalue weighted by atomic mass is 9.82. The van der Waals surface area contributed by atoms with Gasteiger partial charge in [0.1, 0.15) is 5.70 Å². The van der Waals surface area contributed by atoms with Crippen LogP contribution in [0, 0.1) is 5.92 Å². The monoisotopic (exact) mass is 283 g/mol. The molecule has 6 heteroatoms. The highest BCUT2D eigenvalue weighted by atomic mass is 32.2. The number of rotatable bonds is 3. The van der Waals surface area contributed by atoms with E-state index in [4.69, 9.17) is 0 Å². The highest BCUT2D eigenvalue weighted by Gasteiger charge is 2.57. The van der Waals surface area contributed by atoms with E-state index in [1.807, 2.05) is 0 Å². The number of aliphatic carboxylic acids is 1. The molecule has 0 saturated carbocycles. The first-order valence-electron chi connectivity index (χ1n) is 6.61. The number of aliphatic hydroxyl groups is 1. The first kappa shape index (κ1) is 13.0. The average Bonchev–Trinajstić information content (AvgIpc) is 2.92. The number of carbonyl (C=O) groups excluding carboxylic acids is 1. The first-order chi connectivity index (χ1) is 9.02. The Morgan fingerprint density at radius 1 is 1.53 bits per heavy atom. The van der Waals surface area contributed by atoms with Gasteiger partial charge in [-0.25, -0.2) is 4.79 Å². The number of fused-ring (bicyclic) bond motifs is 1. The van der Waals surface area contributed by atoms with Gasteiger partial charge in [-0.1, -0.05) is 0 Å². The summed E-state index contributed by atoms with van der Waals surface area (Å²) >= 11 is 1.78. The van der Waals surface area contributed by atoms with Crippen LogP contribution in [0.25, 0.3) is 0 Å². The molecule has 0 aliphatic carbocycles. The molecule has 3 aliphatic rings. The number of carboxylic acids is 1. The lowest BCUT2D eigenvalue weighted by Crippen LogP contribution is -2.61. The van der Waals surface area contributed by atoms with Crippen molar-refractivity contribution in [3.8, 4) is 0 Å². The Hall–Kier alpha value is -1.01. The van der Waals surface area contributed by atoms with Gasteiger partial charge in [0.05, 0.1) is 18.1 Å². The van der Waals surface area contributed by atoms with Crippen molar-refractivity contribution in [1.82, 2.24) is 4.90 Å². The summed E-state index contributed by atoms with van der Waals surface area (Å²) in [6, 6.07) is -0.144. The number of nitrogens with zero attached hydrogens (tertiary/aromatic N) is 1. The number of thioether (sulfide) groups is 1. The molecule has 0 radical (unpaired) electrons. The van der Waals surface area contributed by atoms with Crippen molar-refractivity contribution in [3.63, 3.8) is 0 Å². The highest BCUT2D eigenvalue weighted by molar-refractivity contribution is 8.00. The smallest absolute Gasteiger partial charge is 0.352 e. The molecule has 0 aromatic carbocycles. The first-order valence-corrected chi connectivity index (χ1v) is 7.66. The summed E-state index contributed by atoms with van der Waals surface area (Å²) in [5.41, 5.74) is 1.09. The van der Waals surface area contributed by atoms with Gasteiger partial charge in [-0.05, 0) is 37.5 Å². The van der Waals surface area contributed by atoms with Crippen molar-refractivity contribution >= 4 is 23.6 Å². The van der Waals surface area contributed by atoms with Gasteiger partial charge in [-0.3, -0.25) is 4.79 Å². The van der Waals surface area contributed by atoms with Gasteiger partial charge in [-0.15, -0.1) is 0 Å². The fourth-order valence-corrected chi connectivity index (χ4v) is 4.80. The van der Waals surface area contributed by atoms with Crippen LogP contribution >= 0.6 is 11.8 Å². The third kappa shape index (κ3) is 1.80. The van der Waals surface area contributed by atoms with Crippen molar-refractivity contribution < 1.29 is 19.8 Å². The standard InChI is InChI=1S/C13H17NO4S/c1-6(15)10-8-5-7(9-3-2-4-19-9)11(13(17)18)14(8)12(10)16/h6,8-10,15H,2-5H2,1H3,(H,17,18)/t6-,8-,9-,10-/m1/s1. The molecule has 2 saturated heterocycles. The molecule has 104 valence electrons. The van der Waals surface area contributed by atoms with Crippen LogP contribution in [0.2, 0.25) is 0 Å². The SMILES string of the molecule is C[C@@H](O)[C@H]1C(=O)N2C(C(=O)O)=C([C@H]3CCCS3)C[C@H]12. The van der Waals surface area contributed by atoms with Gasteiger partial charge in [0.2, 0.25) is 5.91 Å². The Kier molecular flexibility index (Phi) is 3.09. The van der Waals surface area contributed by atoms with Crippen molar-refractivity contribution in [2.24, 2.45) is 5.92 Å². The summed E-state index contributed by atoms with van der Waals surface area (Å²) in [4.78, 5) is 24.9. The molecule has 0 unspecified atom stereocenters. The van der Waals surface area contributed by atoms with Crippen LogP contribution in [0.5, 0.6) is 0 Å². The largest absolute Gasteiger partial charge is 0.477 e. The maximum absolute atomic E-state index is 12.0. The van der Waals surface area contributed by atoms with Crippen LogP contribution in [-0.4, -0.2) is 50.1 Å². The van der Waals surface area contributed by atoms with Crippen molar-refractivity contribution in [3.05, 3.63) is 11.3 Å². The lowest BCUT2D eigenvalue weighted by Gasteiger charge is -2.44. The summed E-state index contributed by atoms with van der Waals surface area (Å²) in [5, 5.41) is 19.3. The van der Waals surface area contributed by atoms with Gasteiger partial charge in [0.15, 0.2) is 0 Å². The molecule has 4 atom stereocenters. The zero-order valence-electron chi connectivity index (χ0n) is 10.7. The van der Waals surface area contributed by atoms with Crippen LogP contribution in [0.1, 0.15) is 26.2 Å². The quantitative estimate of drug-likeness (QED) is 0.750. The van der Waals surface area contributed by atoms with E-state index in [0.29, 0.717) is 6.42 Å². The molecule has 2 N–H and O–H groups in total. The fraction of sp³-hybridized carbons (Fsp3) is 0.692. The van der Waals surface area contributed by atoms with E-state index in [1.54, 1.807) is 18.7 Å². The van der Waals surface area contributed by atoms with Gasteiger partial charge in [0, 0.05) is 5.25 Å². The molecule has 0 aromatic heterocycles. The van der Waals surface area contributed by atoms with E-state index in [-0.39, 0.29) is 22.9 Å². The van der Waals surface area contributed by atoms with Gasteiger partial charge >= 0.3 is 5.97 Å². The Morgan fingerprint density at radius 2 is 2.26 bits per heavy atom. The predicted molar refractivity (Wildman–Crippen MR) is 70.6 cm³/mol. The van der Waals surface area contributed by atoms with E-state index in [2.05, 4.69) is 0 Å². The second-order valence-electron chi connectivity index (χ2n) is 5.43. The zero-order chi connectivity index (χ0) is 13.7. The summed E-state index contributed by atoms with van der Waals surface area (Å²) in [6.45, 7) is 1.60. The second kappa shape index (κ2) is 4.52. The molecule has 0 spiro atoms. The van der Waals surface area contributed by atoms with Gasteiger partial charge in [0.25, 0.3) is 0 Å². The summed E-state index contributed by atoms with van der Waals surface area (Å²) in [6.07, 6.45) is 2.00. The van der Waals surface area contributed by atoms with Crippen LogP contribution < -0.4 is 0 Å². The Morgan fingerprint density at radius 3 is 2.79 bits per heavy atom. The summed E-state index contributed by atoms with van der Waals surface area (Å²) in [5.74, 6) is -0.629. The maximum atomic E-state index is 12.0. The Balaban J connectivity index is 1.91. The van der Waals surface area contributed by atoms with E-state index in [9.17, 15) is 19.8 Å². The molecule has 2 fully saturated rings. The summed E-state index contributed by atoms with van der Waals surface area (Å²) in [7, 11) is 0. The summed E-state index contributed by atoms with van der Waals surface area (Å²) < 4.78 is 0. The molecule has 3 rings (SSSR count). The third-order valence-electron chi connectivity index (χ3n) is 4.28. The van der Waals surface area contributed by atoms with Crippen molar-refractivity contribution in [2.75, 3.05) is 5.75 Å². The Bertz CT molecular complexity index is 467. The van der Waals surface area contributed by atoms with Crippen molar-refractivity contribution in [1.29, 1.82) is 0 Å². The van der Waals surface area contributed by atoms with Crippen molar-refractivity contribution in [2.45, 2.75) is 43.6 Å². The Labute approximate surface area is 115 Å². The molecule has 0 aromatic rings. The van der Waals surface area contributed by atoms with Crippen LogP contribution in [0.4, 0.5) is 0 Å². The normalized spacial score (nSPS) is 35.4. The molecule has 3 heterocycles. The number of carboxylic acid groups (broad SMARTS) is 1. The van der Waals surface area contributed by atoms with Gasteiger partial charge in [-0.2, -0.15) is 11.8 Å². The molecule has 19 heavy (non-hydrogen) atoms. The highest BCUT2D eigenvalue weighted by Crippen LogP contribution is 2.48. The fourth-order valence-electron chi connectivity index (χ4n) is 3.44. The predicted octanol–water partition coefficient (Wildman–Crippen LogP) is 0.832. The average molecular weight is 283 g/mol. The van der Waals surface area contributed by atoms with Crippen LogP contribution in [0.3, 0.4) is 0 Å². The molecular formula is C13H17NO4S.